The van der Waals surface area contributed by atoms with Crippen molar-refractivity contribution in [3.63, 3.8) is 0 Å². The summed E-state index contributed by atoms with van der Waals surface area (Å²) in [5, 5.41) is 13.9. The first-order chi connectivity index (χ1) is 18.2. The van der Waals surface area contributed by atoms with E-state index in [1.165, 1.54) is 36.8 Å². The Balaban J connectivity index is 1.56. The molecular formula is C23H15ClF4N8O2. The van der Waals surface area contributed by atoms with Crippen molar-refractivity contribution in [2.45, 2.75) is 13.1 Å². The van der Waals surface area contributed by atoms with E-state index in [9.17, 15) is 22.4 Å². The summed E-state index contributed by atoms with van der Waals surface area (Å²) in [7, 11) is 0. The SMILES string of the molecule is CCOc1ncc(-n2ncc(C(=O)Nc3cnc(-n4nccn4)c(Cl)c3)c2C(F)(F)F)c2cccc(F)c12. The van der Waals surface area contributed by atoms with Crippen molar-refractivity contribution in [2.75, 3.05) is 11.9 Å². The molecule has 0 unspecified atom stereocenters. The highest BCUT2D eigenvalue weighted by atomic mass is 35.5. The summed E-state index contributed by atoms with van der Waals surface area (Å²) in [5.41, 5.74) is -2.35. The molecule has 0 atom stereocenters. The minimum Gasteiger partial charge on any atom is -0.477 e. The van der Waals surface area contributed by atoms with Crippen molar-refractivity contribution >= 4 is 34.0 Å². The predicted octanol–water partition coefficient (Wildman–Crippen LogP) is 4.86. The largest absolute Gasteiger partial charge is 0.477 e. The normalized spacial score (nSPS) is 11.6. The summed E-state index contributed by atoms with van der Waals surface area (Å²) in [6.45, 7) is 1.82. The van der Waals surface area contributed by atoms with Gasteiger partial charge in [0.1, 0.15) is 5.82 Å². The van der Waals surface area contributed by atoms with Gasteiger partial charge in [0.2, 0.25) is 5.88 Å². The van der Waals surface area contributed by atoms with Crippen LogP contribution in [0.1, 0.15) is 23.0 Å². The van der Waals surface area contributed by atoms with E-state index in [0.717, 1.165) is 23.3 Å². The number of rotatable bonds is 6. The standard InChI is InChI=1S/C23H15ClF4N8O2/c1-2-38-22-18-13(4-3-5-16(18)25)17(11-30-22)35-19(23(26,27)28)14(10-33-35)21(37)34-12-8-15(24)20(29-9-12)36-31-6-7-32-36/h3-11H,2H2,1H3,(H,34,37). The Hall–Kier alpha value is -4.59. The molecule has 4 aromatic heterocycles. The van der Waals surface area contributed by atoms with Crippen LogP contribution in [0.4, 0.5) is 23.2 Å². The molecule has 0 aliphatic carbocycles. The van der Waals surface area contributed by atoms with Gasteiger partial charge in [-0.3, -0.25) is 4.79 Å². The number of halogens is 5. The molecule has 1 amide bonds. The second-order valence-electron chi connectivity index (χ2n) is 7.66. The molecule has 0 spiro atoms. The van der Waals surface area contributed by atoms with Crippen molar-refractivity contribution in [2.24, 2.45) is 0 Å². The molecule has 4 heterocycles. The maximum Gasteiger partial charge on any atom is 0.434 e. The zero-order valence-corrected chi connectivity index (χ0v) is 20.0. The summed E-state index contributed by atoms with van der Waals surface area (Å²) in [4.78, 5) is 22.1. The lowest BCUT2D eigenvalue weighted by Crippen LogP contribution is -2.21. The fourth-order valence-electron chi connectivity index (χ4n) is 3.76. The highest BCUT2D eigenvalue weighted by Crippen LogP contribution is 2.37. The number of anilines is 1. The molecule has 0 saturated heterocycles. The number of hydrogen-bond donors (Lipinski definition) is 1. The molecule has 10 nitrogen and oxygen atoms in total. The van der Waals surface area contributed by atoms with Crippen molar-refractivity contribution in [3.8, 4) is 17.4 Å². The second-order valence-corrected chi connectivity index (χ2v) is 8.07. The van der Waals surface area contributed by atoms with E-state index in [1.54, 1.807) is 6.92 Å². The maximum atomic E-state index is 14.7. The quantitative estimate of drug-likeness (QED) is 0.303. The number of carbonyl (C=O) groups is 1. The second kappa shape index (κ2) is 9.70. The number of ether oxygens (including phenoxy) is 1. The van der Waals surface area contributed by atoms with Crippen LogP contribution in [0.25, 0.3) is 22.3 Å². The Morgan fingerprint density at radius 1 is 1.11 bits per heavy atom. The highest BCUT2D eigenvalue weighted by molar-refractivity contribution is 6.32. The van der Waals surface area contributed by atoms with Crippen molar-refractivity contribution in [1.29, 1.82) is 0 Å². The maximum absolute atomic E-state index is 14.7. The van der Waals surface area contributed by atoms with Crippen molar-refractivity contribution < 1.29 is 27.1 Å². The van der Waals surface area contributed by atoms with E-state index in [2.05, 4.69) is 30.6 Å². The number of amides is 1. The number of benzene rings is 1. The molecule has 0 aliphatic heterocycles. The summed E-state index contributed by atoms with van der Waals surface area (Å²) in [6, 6.07) is 5.16. The van der Waals surface area contributed by atoms with E-state index in [0.29, 0.717) is 4.68 Å². The average molecular weight is 547 g/mol. The molecule has 5 rings (SSSR count). The number of pyridine rings is 2. The molecule has 15 heteroatoms. The number of hydrogen-bond acceptors (Lipinski definition) is 7. The Morgan fingerprint density at radius 3 is 2.55 bits per heavy atom. The van der Waals surface area contributed by atoms with E-state index in [4.69, 9.17) is 16.3 Å². The van der Waals surface area contributed by atoms with Gasteiger partial charge in [0, 0.05) is 5.39 Å². The third-order valence-electron chi connectivity index (χ3n) is 5.29. The van der Waals surface area contributed by atoms with Gasteiger partial charge in [-0.1, -0.05) is 23.7 Å². The van der Waals surface area contributed by atoms with Gasteiger partial charge in [-0.2, -0.15) is 28.5 Å². The number of carbonyl (C=O) groups excluding carboxylic acids is 1. The van der Waals surface area contributed by atoms with Crippen LogP contribution < -0.4 is 10.1 Å². The monoisotopic (exact) mass is 546 g/mol. The van der Waals surface area contributed by atoms with Gasteiger partial charge in [-0.25, -0.2) is 19.0 Å². The molecule has 5 aromatic rings. The van der Waals surface area contributed by atoms with Crippen LogP contribution in [-0.2, 0) is 6.18 Å². The van der Waals surface area contributed by atoms with Crippen LogP contribution in [0.15, 0.2) is 55.2 Å². The summed E-state index contributed by atoms with van der Waals surface area (Å²) in [6.07, 6.45) is 0.808. The molecule has 38 heavy (non-hydrogen) atoms. The van der Waals surface area contributed by atoms with Crippen molar-refractivity contribution in [3.05, 3.63) is 77.3 Å². The first-order valence-electron chi connectivity index (χ1n) is 10.9. The van der Waals surface area contributed by atoms with Crippen LogP contribution in [0.5, 0.6) is 5.88 Å². The third kappa shape index (κ3) is 4.49. The number of nitrogens with one attached hydrogen (secondary N) is 1. The lowest BCUT2D eigenvalue weighted by molar-refractivity contribution is -0.143. The molecule has 0 bridgehead atoms. The van der Waals surface area contributed by atoms with Gasteiger partial charge in [0.25, 0.3) is 5.91 Å². The fraction of sp³-hybridized carbons (Fsp3) is 0.130. The average Bonchev–Trinajstić information content (AvgIpc) is 3.55. The Bertz CT molecular complexity index is 1650. The lowest BCUT2D eigenvalue weighted by Gasteiger charge is -2.15. The summed E-state index contributed by atoms with van der Waals surface area (Å²) < 4.78 is 63.3. The minimum atomic E-state index is -5.02. The molecular weight excluding hydrogens is 532 g/mol. The molecule has 1 aromatic carbocycles. The van der Waals surface area contributed by atoms with Crippen LogP contribution in [0.2, 0.25) is 5.02 Å². The first-order valence-corrected chi connectivity index (χ1v) is 11.3. The van der Waals surface area contributed by atoms with E-state index < -0.39 is 29.2 Å². The summed E-state index contributed by atoms with van der Waals surface area (Å²) in [5.74, 6) is -1.79. The predicted molar refractivity (Wildman–Crippen MR) is 127 cm³/mol. The number of fused-ring (bicyclic) bond motifs is 1. The van der Waals surface area contributed by atoms with E-state index in [1.807, 2.05) is 0 Å². The zero-order chi connectivity index (χ0) is 27.0. The molecule has 194 valence electrons. The first kappa shape index (κ1) is 25.1. The lowest BCUT2D eigenvalue weighted by atomic mass is 10.1. The van der Waals surface area contributed by atoms with Crippen LogP contribution >= 0.6 is 11.6 Å². The molecule has 0 aliphatic rings. The number of alkyl halides is 3. The van der Waals surface area contributed by atoms with Gasteiger partial charge in [0.05, 0.1) is 64.9 Å². The van der Waals surface area contributed by atoms with E-state index in [-0.39, 0.29) is 45.5 Å². The van der Waals surface area contributed by atoms with Crippen molar-refractivity contribution in [1.82, 2.24) is 34.7 Å². The zero-order valence-electron chi connectivity index (χ0n) is 19.2. The fourth-order valence-corrected chi connectivity index (χ4v) is 4.01. The molecule has 0 fully saturated rings. The van der Waals surface area contributed by atoms with Crippen LogP contribution in [0.3, 0.4) is 0 Å². The Morgan fingerprint density at radius 2 is 1.87 bits per heavy atom. The van der Waals surface area contributed by atoms with Gasteiger partial charge in [-0.05, 0) is 19.1 Å². The van der Waals surface area contributed by atoms with E-state index >= 15 is 0 Å². The minimum absolute atomic E-state index is 0.0204. The number of aromatic nitrogens is 7. The van der Waals surface area contributed by atoms with Gasteiger partial charge >= 0.3 is 6.18 Å². The van der Waals surface area contributed by atoms with Crippen LogP contribution in [0, 0.1) is 5.82 Å². The van der Waals surface area contributed by atoms with Gasteiger partial charge in [0.15, 0.2) is 11.5 Å². The summed E-state index contributed by atoms with van der Waals surface area (Å²) >= 11 is 6.18. The molecule has 0 radical (unpaired) electrons. The third-order valence-corrected chi connectivity index (χ3v) is 5.57. The highest BCUT2D eigenvalue weighted by Gasteiger charge is 2.41. The van der Waals surface area contributed by atoms with Gasteiger partial charge in [-0.15, -0.1) is 4.80 Å². The Labute approximate surface area is 215 Å². The van der Waals surface area contributed by atoms with Gasteiger partial charge < -0.3 is 10.1 Å². The molecule has 0 saturated carbocycles. The Kier molecular flexibility index (Phi) is 6.40. The van der Waals surface area contributed by atoms with Crippen LogP contribution in [-0.4, -0.2) is 47.3 Å². The topological polar surface area (TPSA) is 113 Å². The number of nitrogens with zero attached hydrogens (tertiary/aromatic N) is 7. The molecule has 1 N–H and O–H groups in total. The smallest absolute Gasteiger partial charge is 0.434 e.